The Kier molecular flexibility index (Phi) is 8.29. The second kappa shape index (κ2) is 11.5. The van der Waals surface area contributed by atoms with Gasteiger partial charge in [0.1, 0.15) is 6.54 Å². The van der Waals surface area contributed by atoms with E-state index in [1.165, 1.54) is 42.5 Å². The van der Waals surface area contributed by atoms with Gasteiger partial charge >= 0.3 is 0 Å². The molecule has 2 N–H and O–H groups in total. The summed E-state index contributed by atoms with van der Waals surface area (Å²) in [5.41, 5.74) is 2.80. The van der Waals surface area contributed by atoms with Crippen LogP contribution in [0.25, 0.3) is 0 Å². The highest BCUT2D eigenvalue weighted by Gasteiger charge is 2.27. The van der Waals surface area contributed by atoms with Crippen molar-refractivity contribution in [3.63, 3.8) is 0 Å². The number of carbonyl (C=O) groups is 1. The minimum absolute atomic E-state index is 0.00711. The van der Waals surface area contributed by atoms with E-state index in [9.17, 15) is 21.6 Å². The van der Waals surface area contributed by atoms with Gasteiger partial charge in [-0.3, -0.25) is 13.8 Å². The Balaban J connectivity index is 1.52. The lowest BCUT2D eigenvalue weighted by Crippen LogP contribution is -2.38. The normalized spacial score (nSPS) is 11.6. The molecule has 8 nitrogen and oxygen atoms in total. The van der Waals surface area contributed by atoms with Gasteiger partial charge in [0.05, 0.1) is 21.2 Å². The molecule has 0 unspecified atom stereocenters. The number of anilines is 3. The number of nitrogens with zero attached hydrogens (tertiary/aromatic N) is 1. The first kappa shape index (κ1) is 28.2. The maximum absolute atomic E-state index is 13.4. The Morgan fingerprint density at radius 3 is 2.13 bits per heavy atom. The molecular weight excluding hydrogens is 558 g/mol. The quantitative estimate of drug-likeness (QED) is 0.267. The molecule has 4 aromatic rings. The van der Waals surface area contributed by atoms with Crippen LogP contribution in [0.4, 0.5) is 17.1 Å². The standard InChI is InChI=1S/C28H26ClN3O5S2/c1-20-11-16-27(21(2)17-20)31-38(34,35)25-14-12-23(13-15-25)30-28(33)19-32(24-8-6-7-22(29)18-24)39(36,37)26-9-4-3-5-10-26/h3-18,31H,19H2,1-2H3,(H,30,33). The van der Waals surface area contributed by atoms with Gasteiger partial charge in [-0.1, -0.05) is 53.6 Å². The van der Waals surface area contributed by atoms with Crippen molar-refractivity contribution in [2.75, 3.05) is 20.9 Å². The highest BCUT2D eigenvalue weighted by Crippen LogP contribution is 2.27. The van der Waals surface area contributed by atoms with Gasteiger partial charge in [0.15, 0.2) is 0 Å². The summed E-state index contributed by atoms with van der Waals surface area (Å²) in [7, 11) is -7.96. The average molecular weight is 584 g/mol. The average Bonchev–Trinajstić information content (AvgIpc) is 2.89. The summed E-state index contributed by atoms with van der Waals surface area (Å²) in [6.45, 7) is 3.20. The fourth-order valence-electron chi connectivity index (χ4n) is 3.85. The Hall–Kier alpha value is -3.86. The van der Waals surface area contributed by atoms with Gasteiger partial charge in [0.25, 0.3) is 20.0 Å². The fraction of sp³-hybridized carbons (Fsp3) is 0.107. The molecule has 0 atom stereocenters. The molecule has 0 radical (unpaired) electrons. The van der Waals surface area contributed by atoms with Crippen molar-refractivity contribution in [3.8, 4) is 0 Å². The molecule has 4 aromatic carbocycles. The van der Waals surface area contributed by atoms with Gasteiger partial charge in [0.2, 0.25) is 5.91 Å². The molecule has 0 heterocycles. The van der Waals surface area contributed by atoms with Crippen LogP contribution in [0.5, 0.6) is 0 Å². The second-order valence-electron chi connectivity index (χ2n) is 8.80. The number of amides is 1. The monoisotopic (exact) mass is 583 g/mol. The fourth-order valence-corrected chi connectivity index (χ4v) is 6.60. The van der Waals surface area contributed by atoms with E-state index in [4.69, 9.17) is 11.6 Å². The van der Waals surface area contributed by atoms with E-state index in [1.54, 1.807) is 42.5 Å². The molecular formula is C28H26ClN3O5S2. The molecule has 0 saturated carbocycles. The van der Waals surface area contributed by atoms with Gasteiger partial charge in [-0.05, 0) is 80.1 Å². The summed E-state index contributed by atoms with van der Waals surface area (Å²) in [6, 6.07) is 24.9. The zero-order valence-electron chi connectivity index (χ0n) is 21.1. The smallest absolute Gasteiger partial charge is 0.264 e. The molecule has 11 heteroatoms. The van der Waals surface area contributed by atoms with E-state index < -0.39 is 32.5 Å². The molecule has 0 aromatic heterocycles. The molecule has 0 aliphatic rings. The minimum atomic E-state index is -4.09. The van der Waals surface area contributed by atoms with Crippen LogP contribution >= 0.6 is 11.6 Å². The van der Waals surface area contributed by atoms with E-state index in [2.05, 4.69) is 10.0 Å². The van der Waals surface area contributed by atoms with Crippen molar-refractivity contribution in [3.05, 3.63) is 113 Å². The highest BCUT2D eigenvalue weighted by molar-refractivity contribution is 7.93. The van der Waals surface area contributed by atoms with E-state index >= 15 is 0 Å². The molecule has 4 rings (SSSR count). The number of hydrogen-bond acceptors (Lipinski definition) is 5. The van der Waals surface area contributed by atoms with Crippen LogP contribution < -0.4 is 14.3 Å². The molecule has 39 heavy (non-hydrogen) atoms. The van der Waals surface area contributed by atoms with Gasteiger partial charge in [-0.25, -0.2) is 16.8 Å². The molecule has 0 bridgehead atoms. The van der Waals surface area contributed by atoms with Gasteiger partial charge in [-0.15, -0.1) is 0 Å². The lowest BCUT2D eigenvalue weighted by atomic mass is 10.1. The highest BCUT2D eigenvalue weighted by atomic mass is 35.5. The van der Waals surface area contributed by atoms with Crippen molar-refractivity contribution in [1.82, 2.24) is 0 Å². The third-order valence-electron chi connectivity index (χ3n) is 5.79. The Bertz CT molecular complexity index is 1710. The number of hydrogen-bond donors (Lipinski definition) is 2. The summed E-state index contributed by atoms with van der Waals surface area (Å²) in [5.74, 6) is -0.626. The Morgan fingerprint density at radius 2 is 1.49 bits per heavy atom. The van der Waals surface area contributed by atoms with Crippen LogP contribution in [0.3, 0.4) is 0 Å². The van der Waals surface area contributed by atoms with E-state index in [0.717, 1.165) is 15.4 Å². The molecule has 1 amide bonds. The molecule has 202 valence electrons. The largest absolute Gasteiger partial charge is 0.325 e. The maximum atomic E-state index is 13.4. The molecule has 0 aliphatic carbocycles. The number of sulfonamides is 2. The number of carbonyl (C=O) groups excluding carboxylic acids is 1. The number of nitrogens with one attached hydrogen (secondary N) is 2. The van der Waals surface area contributed by atoms with E-state index in [0.29, 0.717) is 16.4 Å². The van der Waals surface area contributed by atoms with Gasteiger partial charge in [-0.2, -0.15) is 0 Å². The van der Waals surface area contributed by atoms with Crippen LogP contribution in [0.2, 0.25) is 5.02 Å². The second-order valence-corrected chi connectivity index (χ2v) is 12.8. The van der Waals surface area contributed by atoms with Gasteiger partial charge in [0, 0.05) is 10.7 Å². The summed E-state index contributed by atoms with van der Waals surface area (Å²) in [5, 5.41) is 2.94. The molecule has 0 fully saturated rings. The Labute approximate surface area is 233 Å². The predicted octanol–water partition coefficient (Wildman–Crippen LogP) is 5.59. The first-order valence-corrected chi connectivity index (χ1v) is 15.1. The lowest BCUT2D eigenvalue weighted by Gasteiger charge is -2.24. The van der Waals surface area contributed by atoms with Crippen molar-refractivity contribution in [2.24, 2.45) is 0 Å². The third kappa shape index (κ3) is 6.78. The lowest BCUT2D eigenvalue weighted by molar-refractivity contribution is -0.114. The van der Waals surface area contributed by atoms with Crippen LogP contribution in [-0.4, -0.2) is 29.3 Å². The van der Waals surface area contributed by atoms with Crippen molar-refractivity contribution >= 4 is 54.6 Å². The van der Waals surface area contributed by atoms with Crippen LogP contribution in [0.15, 0.2) is 107 Å². The minimum Gasteiger partial charge on any atom is -0.325 e. The van der Waals surface area contributed by atoms with Crippen molar-refractivity contribution in [2.45, 2.75) is 23.6 Å². The van der Waals surface area contributed by atoms with E-state index in [1.807, 2.05) is 26.0 Å². The summed E-state index contributed by atoms with van der Waals surface area (Å²) < 4.78 is 56.1. The van der Waals surface area contributed by atoms with Crippen LogP contribution in [-0.2, 0) is 24.8 Å². The van der Waals surface area contributed by atoms with Crippen LogP contribution in [0.1, 0.15) is 11.1 Å². The zero-order valence-corrected chi connectivity index (χ0v) is 23.5. The predicted molar refractivity (Wildman–Crippen MR) is 154 cm³/mol. The van der Waals surface area contributed by atoms with E-state index in [-0.39, 0.29) is 15.5 Å². The van der Waals surface area contributed by atoms with Crippen molar-refractivity contribution in [1.29, 1.82) is 0 Å². The van der Waals surface area contributed by atoms with Crippen molar-refractivity contribution < 1.29 is 21.6 Å². The number of rotatable bonds is 9. The number of halogens is 1. The van der Waals surface area contributed by atoms with Crippen LogP contribution in [0, 0.1) is 13.8 Å². The van der Waals surface area contributed by atoms with Gasteiger partial charge < -0.3 is 5.32 Å². The first-order chi connectivity index (χ1) is 18.5. The number of benzene rings is 4. The summed E-state index contributed by atoms with van der Waals surface area (Å²) >= 11 is 6.09. The first-order valence-electron chi connectivity index (χ1n) is 11.8. The summed E-state index contributed by atoms with van der Waals surface area (Å²) in [6.07, 6.45) is 0. The SMILES string of the molecule is Cc1ccc(NS(=O)(=O)c2ccc(NC(=O)CN(c3cccc(Cl)c3)S(=O)(=O)c3ccccc3)cc2)c(C)c1. The maximum Gasteiger partial charge on any atom is 0.264 e. The Morgan fingerprint density at radius 1 is 0.795 bits per heavy atom. The topological polar surface area (TPSA) is 113 Å². The molecule has 0 aliphatic heterocycles. The molecule has 0 spiro atoms. The molecule has 0 saturated heterocycles. The zero-order chi connectivity index (χ0) is 28.2. The summed E-state index contributed by atoms with van der Waals surface area (Å²) in [4.78, 5) is 13.0. The third-order valence-corrected chi connectivity index (χ3v) is 9.19. The number of aryl methyl sites for hydroxylation is 2.